The highest BCUT2D eigenvalue weighted by Crippen LogP contribution is 2.40. The molecule has 28 heavy (non-hydrogen) atoms. The molecule has 1 aliphatic rings. The zero-order valence-corrected chi connectivity index (χ0v) is 14.1. The number of aromatic nitrogens is 3. The maximum absolute atomic E-state index is 14.0. The summed E-state index contributed by atoms with van der Waals surface area (Å²) in [5.74, 6) is -1.15. The van der Waals surface area contributed by atoms with Gasteiger partial charge >= 0.3 is 6.18 Å². The molecule has 3 aromatic rings. The van der Waals surface area contributed by atoms with E-state index in [1.807, 2.05) is 0 Å². The van der Waals surface area contributed by atoms with Gasteiger partial charge < -0.3 is 14.4 Å². The van der Waals surface area contributed by atoms with E-state index in [9.17, 15) is 22.7 Å². The molecule has 0 aromatic carbocycles. The molecule has 6 nitrogen and oxygen atoms in total. The fourth-order valence-corrected chi connectivity index (χ4v) is 2.95. The largest absolute Gasteiger partial charge is 0.856 e. The monoisotopic (exact) mass is 394 g/mol. The van der Waals surface area contributed by atoms with Crippen molar-refractivity contribution in [3.63, 3.8) is 0 Å². The fourth-order valence-electron chi connectivity index (χ4n) is 2.95. The molecule has 0 unspecified atom stereocenters. The van der Waals surface area contributed by atoms with E-state index in [0.717, 1.165) is 0 Å². The summed E-state index contributed by atoms with van der Waals surface area (Å²) in [5.41, 5.74) is -0.541. The molecule has 1 saturated carbocycles. The van der Waals surface area contributed by atoms with Gasteiger partial charge in [-0.3, -0.25) is 4.98 Å². The minimum atomic E-state index is -4.63. The van der Waals surface area contributed by atoms with Gasteiger partial charge in [-0.05, 0) is 31.0 Å². The molecule has 1 fully saturated rings. The van der Waals surface area contributed by atoms with E-state index in [1.54, 1.807) is 12.1 Å². The van der Waals surface area contributed by atoms with Crippen LogP contribution < -0.4 is 9.84 Å². The van der Waals surface area contributed by atoms with Gasteiger partial charge in [0.25, 0.3) is 0 Å². The second kappa shape index (κ2) is 6.77. The maximum Gasteiger partial charge on any atom is 0.417 e. The van der Waals surface area contributed by atoms with Crippen LogP contribution in [0, 0.1) is 5.82 Å². The quantitative estimate of drug-likeness (QED) is 0.628. The Morgan fingerprint density at radius 3 is 2.46 bits per heavy atom. The lowest BCUT2D eigenvalue weighted by Gasteiger charge is -2.34. The summed E-state index contributed by atoms with van der Waals surface area (Å²) in [7, 11) is 0. The maximum atomic E-state index is 14.0. The summed E-state index contributed by atoms with van der Waals surface area (Å²) in [4.78, 5) is 7.76. The lowest BCUT2D eigenvalue weighted by atomic mass is 9.79. The molecule has 3 heterocycles. The molecule has 10 heteroatoms. The van der Waals surface area contributed by atoms with E-state index in [4.69, 9.17) is 9.26 Å². The van der Waals surface area contributed by atoms with Crippen LogP contribution in [0.25, 0.3) is 11.3 Å². The van der Waals surface area contributed by atoms with Gasteiger partial charge in [0.1, 0.15) is 11.9 Å². The van der Waals surface area contributed by atoms with E-state index >= 15 is 0 Å². The van der Waals surface area contributed by atoms with E-state index in [-0.39, 0.29) is 23.5 Å². The van der Waals surface area contributed by atoms with Crippen LogP contribution >= 0.6 is 0 Å². The topological polar surface area (TPSA) is 84.1 Å². The van der Waals surface area contributed by atoms with Crippen molar-refractivity contribution in [3.8, 4) is 23.1 Å². The molecule has 0 aliphatic heterocycles. The second-order valence-electron chi connectivity index (χ2n) is 6.41. The molecule has 0 atom stereocenters. The third-order valence-corrected chi connectivity index (χ3v) is 4.48. The third-order valence-electron chi connectivity index (χ3n) is 4.48. The molecule has 1 aliphatic carbocycles. The fraction of sp³-hybridized carbons (Fsp3) is 0.278. The number of halogens is 4. The number of hydrogen-bond acceptors (Lipinski definition) is 6. The molecular weight excluding hydrogens is 382 g/mol. The summed E-state index contributed by atoms with van der Waals surface area (Å²) in [6.45, 7) is 0. The molecule has 0 radical (unpaired) electrons. The average Bonchev–Trinajstić information content (AvgIpc) is 3.04. The zero-order chi connectivity index (χ0) is 19.9. The van der Waals surface area contributed by atoms with Crippen molar-refractivity contribution in [1.82, 2.24) is 15.1 Å². The van der Waals surface area contributed by atoms with Crippen molar-refractivity contribution in [2.45, 2.75) is 31.0 Å². The van der Waals surface area contributed by atoms with E-state index in [1.165, 1.54) is 12.3 Å². The van der Waals surface area contributed by atoms with Gasteiger partial charge in [0.05, 0.1) is 11.3 Å². The van der Waals surface area contributed by atoms with Crippen LogP contribution in [-0.2, 0) is 6.18 Å². The van der Waals surface area contributed by atoms with Crippen LogP contribution in [0.3, 0.4) is 0 Å². The Labute approximate surface area is 155 Å². The zero-order valence-electron chi connectivity index (χ0n) is 14.1. The molecule has 3 aromatic heterocycles. The Morgan fingerprint density at radius 2 is 1.89 bits per heavy atom. The van der Waals surface area contributed by atoms with Gasteiger partial charge in [-0.1, -0.05) is 5.16 Å². The summed E-state index contributed by atoms with van der Waals surface area (Å²) in [6, 6.07) is 4.94. The first kappa shape index (κ1) is 18.2. The van der Waals surface area contributed by atoms with Gasteiger partial charge in [0.15, 0.2) is 5.76 Å². The summed E-state index contributed by atoms with van der Waals surface area (Å²) >= 11 is 0. The van der Waals surface area contributed by atoms with Crippen LogP contribution in [0.1, 0.15) is 30.0 Å². The van der Waals surface area contributed by atoms with Crippen molar-refractivity contribution in [1.29, 1.82) is 0 Å². The summed E-state index contributed by atoms with van der Waals surface area (Å²) in [5, 5.41) is 14.3. The molecule has 146 valence electrons. The first-order chi connectivity index (χ1) is 13.3. The van der Waals surface area contributed by atoms with Gasteiger partial charge in [-0.15, -0.1) is 0 Å². The lowest BCUT2D eigenvalue weighted by molar-refractivity contribution is -0.277. The smallest absolute Gasteiger partial charge is 0.417 e. The first-order valence-corrected chi connectivity index (χ1v) is 8.29. The van der Waals surface area contributed by atoms with Gasteiger partial charge in [0, 0.05) is 35.8 Å². The summed E-state index contributed by atoms with van der Waals surface area (Å²) in [6.07, 6.45) is -1.94. The Balaban J connectivity index is 1.36. The minimum Gasteiger partial charge on any atom is -0.856 e. The van der Waals surface area contributed by atoms with Crippen LogP contribution in [0.15, 0.2) is 41.2 Å². The van der Waals surface area contributed by atoms with Crippen molar-refractivity contribution in [2.24, 2.45) is 0 Å². The van der Waals surface area contributed by atoms with Gasteiger partial charge in [-0.2, -0.15) is 13.2 Å². The molecule has 0 N–H and O–H groups in total. The predicted molar refractivity (Wildman–Crippen MR) is 84.8 cm³/mol. The standard InChI is InChI=1S/C18H13F4N3O3/c19-13-5-11(18(20,21)22)8-24-17(13)10-3-12(4-10)27-16-2-1-9(7-23-16)14-6-15(26)25-28-14/h1-2,5-8,10,12H,3-4H2,(H,25,26)/p-1. The van der Waals surface area contributed by atoms with Crippen molar-refractivity contribution in [3.05, 3.63) is 53.7 Å². The molecule has 0 spiro atoms. The van der Waals surface area contributed by atoms with Crippen molar-refractivity contribution >= 4 is 0 Å². The highest BCUT2D eigenvalue weighted by atomic mass is 19.4. The predicted octanol–water partition coefficient (Wildman–Crippen LogP) is 3.69. The minimum absolute atomic E-state index is 0.00916. The SMILES string of the molecule is [O-]c1cc(-c2ccc(OC3CC(c4ncc(C(F)(F)F)cc4F)C3)nc2)on1. The number of hydrogen-bond donors (Lipinski definition) is 0. The molecule has 0 amide bonds. The van der Waals surface area contributed by atoms with Crippen molar-refractivity contribution < 1.29 is 31.9 Å². The summed E-state index contributed by atoms with van der Waals surface area (Å²) < 4.78 is 62.2. The van der Waals surface area contributed by atoms with Crippen LogP contribution in [0.5, 0.6) is 11.8 Å². The van der Waals surface area contributed by atoms with E-state index in [0.29, 0.717) is 36.5 Å². The van der Waals surface area contributed by atoms with Crippen LogP contribution in [-0.4, -0.2) is 21.2 Å². The normalized spacial score (nSPS) is 19.3. The lowest BCUT2D eigenvalue weighted by Crippen LogP contribution is -2.33. The highest BCUT2D eigenvalue weighted by molar-refractivity contribution is 5.56. The molecule has 0 bridgehead atoms. The van der Waals surface area contributed by atoms with Crippen molar-refractivity contribution in [2.75, 3.05) is 0 Å². The number of pyridine rings is 2. The van der Waals surface area contributed by atoms with E-state index in [2.05, 4.69) is 15.1 Å². The number of rotatable bonds is 4. The molecular formula is C18H12F4N3O3-. The number of ether oxygens (including phenoxy) is 1. The Bertz CT molecular complexity index is 982. The second-order valence-corrected chi connectivity index (χ2v) is 6.41. The van der Waals surface area contributed by atoms with Crippen LogP contribution in [0.2, 0.25) is 0 Å². The van der Waals surface area contributed by atoms with Gasteiger partial charge in [-0.25, -0.2) is 9.37 Å². The Morgan fingerprint density at radius 1 is 1.11 bits per heavy atom. The van der Waals surface area contributed by atoms with E-state index < -0.39 is 23.4 Å². The third kappa shape index (κ3) is 3.62. The molecule has 0 saturated heterocycles. The highest BCUT2D eigenvalue weighted by Gasteiger charge is 2.37. The Hall–Kier alpha value is -3.17. The first-order valence-electron chi connectivity index (χ1n) is 8.29. The molecule has 4 rings (SSSR count). The Kier molecular flexibility index (Phi) is 4.40. The number of alkyl halides is 3. The van der Waals surface area contributed by atoms with Crippen LogP contribution in [0.4, 0.5) is 17.6 Å². The number of nitrogens with zero attached hydrogens (tertiary/aromatic N) is 3. The van der Waals surface area contributed by atoms with Gasteiger partial charge in [0.2, 0.25) is 5.88 Å². The average molecular weight is 394 g/mol.